The Morgan fingerprint density at radius 1 is 1.26 bits per heavy atom. The van der Waals surface area contributed by atoms with Gasteiger partial charge in [-0.05, 0) is 61.3 Å². The quantitative estimate of drug-likeness (QED) is 0.643. The molecule has 0 spiro atoms. The fraction of sp³-hybridized carbons (Fsp3) is 0.600. The smallest absolute Gasteiger partial charge is 0.251 e. The van der Waals surface area contributed by atoms with E-state index in [1.807, 2.05) is 23.1 Å². The van der Waals surface area contributed by atoms with E-state index in [0.717, 1.165) is 43.2 Å². The average Bonchev–Trinajstić information content (AvgIpc) is 3.18. The van der Waals surface area contributed by atoms with E-state index in [2.05, 4.69) is 16.3 Å². The minimum absolute atomic E-state index is 0.0430. The molecule has 9 nitrogen and oxygen atoms in total. The second-order valence-electron chi connectivity index (χ2n) is 10.4. The first kappa shape index (κ1) is 21.6. The first-order valence-corrected chi connectivity index (χ1v) is 12.3. The molecule has 2 aliphatic carbocycles. The number of nitrogens with two attached hydrogens (primary N) is 1. The summed E-state index contributed by atoms with van der Waals surface area (Å²) in [5, 5.41) is 12.1. The van der Waals surface area contributed by atoms with Crippen LogP contribution in [0.15, 0.2) is 18.2 Å². The average molecular weight is 463 g/mol. The minimum atomic E-state index is -0.717. The van der Waals surface area contributed by atoms with Crippen molar-refractivity contribution in [3.63, 3.8) is 0 Å². The second kappa shape index (κ2) is 7.79. The lowest BCUT2D eigenvalue weighted by Gasteiger charge is -2.38. The number of carbonyl (C=O) groups excluding carboxylic acids is 3. The van der Waals surface area contributed by atoms with Gasteiger partial charge in [-0.1, -0.05) is 6.07 Å². The molecule has 178 valence electrons. The molecule has 4 fully saturated rings. The van der Waals surface area contributed by atoms with Crippen molar-refractivity contribution in [3.8, 4) is 6.07 Å². The highest BCUT2D eigenvalue weighted by molar-refractivity contribution is 5.94. The van der Waals surface area contributed by atoms with Gasteiger partial charge >= 0.3 is 0 Å². The monoisotopic (exact) mass is 462 g/mol. The van der Waals surface area contributed by atoms with E-state index in [9.17, 15) is 19.6 Å². The van der Waals surface area contributed by atoms with E-state index in [4.69, 9.17) is 5.73 Å². The number of aryl methyl sites for hydroxylation is 1. The summed E-state index contributed by atoms with van der Waals surface area (Å²) in [6.07, 6.45) is 4.22. The Balaban J connectivity index is 1.12. The summed E-state index contributed by atoms with van der Waals surface area (Å²) in [6.45, 7) is 1.07. The van der Waals surface area contributed by atoms with E-state index in [1.165, 1.54) is 0 Å². The third-order valence-electron chi connectivity index (χ3n) is 8.58. The lowest BCUT2D eigenvalue weighted by molar-refractivity contribution is -0.141. The van der Waals surface area contributed by atoms with Gasteiger partial charge in [0.05, 0.1) is 24.2 Å². The molecule has 1 saturated carbocycles. The first-order chi connectivity index (χ1) is 16.4. The normalized spacial score (nSPS) is 34.1. The molecule has 7 atom stereocenters. The van der Waals surface area contributed by atoms with Crippen molar-refractivity contribution < 1.29 is 14.4 Å². The van der Waals surface area contributed by atoms with E-state index in [0.29, 0.717) is 24.6 Å². The van der Waals surface area contributed by atoms with E-state index < -0.39 is 6.04 Å². The number of nitrogens with zero attached hydrogens (tertiary/aromatic N) is 4. The zero-order valence-electron chi connectivity index (χ0n) is 19.3. The Kier molecular flexibility index (Phi) is 4.94. The Morgan fingerprint density at radius 3 is 2.82 bits per heavy atom. The molecule has 5 aliphatic rings. The molecule has 6 rings (SSSR count). The molecule has 3 amide bonds. The topological polar surface area (TPSA) is 123 Å². The van der Waals surface area contributed by atoms with Gasteiger partial charge in [-0.2, -0.15) is 5.26 Å². The summed E-state index contributed by atoms with van der Waals surface area (Å²) >= 11 is 0. The van der Waals surface area contributed by atoms with Crippen LogP contribution in [-0.4, -0.2) is 82.8 Å². The van der Waals surface area contributed by atoms with Crippen LogP contribution in [0.3, 0.4) is 0 Å². The maximum absolute atomic E-state index is 13.4. The van der Waals surface area contributed by atoms with Gasteiger partial charge in [0.2, 0.25) is 11.8 Å². The molecule has 1 aromatic rings. The Hall–Kier alpha value is -2.96. The molecule has 0 radical (unpaired) electrons. The van der Waals surface area contributed by atoms with Gasteiger partial charge in [0.15, 0.2) is 0 Å². The lowest BCUT2D eigenvalue weighted by atomic mass is 10.0. The van der Waals surface area contributed by atoms with Gasteiger partial charge in [-0.25, -0.2) is 0 Å². The van der Waals surface area contributed by atoms with Gasteiger partial charge in [-0.3, -0.25) is 19.3 Å². The highest BCUT2D eigenvalue weighted by Gasteiger charge is 2.56. The molecule has 3 saturated heterocycles. The van der Waals surface area contributed by atoms with E-state index >= 15 is 0 Å². The zero-order valence-corrected chi connectivity index (χ0v) is 19.3. The largest absolute Gasteiger partial charge is 0.355 e. The van der Waals surface area contributed by atoms with Crippen LogP contribution < -0.4 is 11.1 Å². The molecule has 34 heavy (non-hydrogen) atoms. The van der Waals surface area contributed by atoms with Crippen molar-refractivity contribution in [2.24, 2.45) is 11.7 Å². The second-order valence-corrected chi connectivity index (χ2v) is 10.4. The SMILES string of the molecule is CNC(=O)c1ccc2c(c1)CC[C@@H]2N1C(=O)[C@H]2CC1CN2C[C@H](N)C(=O)N1[C@H](C#N)C[C@@H]2C[C@@H]21. The molecule has 3 heterocycles. The van der Waals surface area contributed by atoms with Crippen LogP contribution in [0.1, 0.15) is 53.2 Å². The van der Waals surface area contributed by atoms with Crippen LogP contribution in [0, 0.1) is 17.2 Å². The number of hydrogen-bond donors (Lipinski definition) is 2. The molecular formula is C25H30N6O3. The van der Waals surface area contributed by atoms with Crippen LogP contribution in [0.2, 0.25) is 0 Å². The van der Waals surface area contributed by atoms with Gasteiger partial charge in [0.1, 0.15) is 6.04 Å². The fourth-order valence-corrected chi connectivity index (χ4v) is 6.88. The highest BCUT2D eigenvalue weighted by atomic mass is 16.2. The number of nitrogens with one attached hydrogen (secondary N) is 1. The third kappa shape index (κ3) is 3.16. The van der Waals surface area contributed by atoms with Crippen LogP contribution in [-0.2, 0) is 16.0 Å². The Labute approximate surface area is 198 Å². The number of likely N-dealkylation sites (tertiary alicyclic amines) is 3. The molecule has 3 N–H and O–H groups in total. The Bertz CT molecular complexity index is 1110. The van der Waals surface area contributed by atoms with Crippen LogP contribution >= 0.6 is 0 Å². The molecular weight excluding hydrogens is 432 g/mol. The summed E-state index contributed by atoms with van der Waals surface area (Å²) < 4.78 is 0. The predicted octanol–water partition coefficient (Wildman–Crippen LogP) is 0.159. The minimum Gasteiger partial charge on any atom is -0.355 e. The summed E-state index contributed by atoms with van der Waals surface area (Å²) in [4.78, 5) is 44.2. The number of hydrogen-bond acceptors (Lipinski definition) is 6. The van der Waals surface area contributed by atoms with Gasteiger partial charge in [-0.15, -0.1) is 0 Å². The summed E-state index contributed by atoms with van der Waals surface area (Å²) in [7, 11) is 1.62. The van der Waals surface area contributed by atoms with E-state index in [1.54, 1.807) is 11.9 Å². The van der Waals surface area contributed by atoms with Crippen LogP contribution in [0.5, 0.6) is 0 Å². The number of piperazine rings is 1. The number of piperidine rings is 1. The maximum atomic E-state index is 13.4. The van der Waals surface area contributed by atoms with Gasteiger partial charge in [0, 0.05) is 37.8 Å². The highest BCUT2D eigenvalue weighted by Crippen LogP contribution is 2.48. The van der Waals surface area contributed by atoms with Crippen LogP contribution in [0.25, 0.3) is 0 Å². The van der Waals surface area contributed by atoms with Gasteiger partial charge < -0.3 is 20.9 Å². The summed E-state index contributed by atoms with van der Waals surface area (Å²) in [6, 6.07) is 7.05. The molecule has 0 aromatic heterocycles. The number of benzene rings is 1. The maximum Gasteiger partial charge on any atom is 0.251 e. The van der Waals surface area contributed by atoms with Crippen molar-refractivity contribution >= 4 is 17.7 Å². The number of fused-ring (bicyclic) bond motifs is 4. The fourth-order valence-electron chi connectivity index (χ4n) is 6.88. The number of rotatable bonds is 5. The van der Waals surface area contributed by atoms with Crippen molar-refractivity contribution in [3.05, 3.63) is 34.9 Å². The lowest BCUT2D eigenvalue weighted by Crippen LogP contribution is -2.57. The third-order valence-corrected chi connectivity index (χ3v) is 8.58. The molecule has 3 aliphatic heterocycles. The molecule has 9 heteroatoms. The summed E-state index contributed by atoms with van der Waals surface area (Å²) in [5.74, 6) is 0.319. The Morgan fingerprint density at radius 2 is 2.09 bits per heavy atom. The van der Waals surface area contributed by atoms with E-state index in [-0.39, 0.29) is 47.9 Å². The predicted molar refractivity (Wildman–Crippen MR) is 122 cm³/mol. The number of carbonyl (C=O) groups is 3. The molecule has 1 unspecified atom stereocenters. The first-order valence-electron chi connectivity index (χ1n) is 12.3. The van der Waals surface area contributed by atoms with Crippen molar-refractivity contribution in [1.82, 2.24) is 20.0 Å². The van der Waals surface area contributed by atoms with Crippen molar-refractivity contribution in [2.75, 3.05) is 20.1 Å². The van der Waals surface area contributed by atoms with Gasteiger partial charge in [0.25, 0.3) is 5.91 Å². The number of nitriles is 1. The standard InChI is InChI=1S/C25H30N6O3/c1-28-23(32)14-2-4-18-13(6-14)3-5-20(18)31-17-9-22(25(31)34)29(11-17)12-19(27)24(33)30-16(10-26)7-15-8-21(15)30/h2,4,6,15-17,19-22H,3,5,7-9,11-12,27H2,1H3,(H,28,32)/t15-,16+,17?,19+,20+,21+,22-/m1/s1. The van der Waals surface area contributed by atoms with Crippen molar-refractivity contribution in [2.45, 2.75) is 68.4 Å². The van der Waals surface area contributed by atoms with Crippen molar-refractivity contribution in [1.29, 1.82) is 5.26 Å². The molecule has 1 aromatic carbocycles. The van der Waals surface area contributed by atoms with Crippen LogP contribution in [0.4, 0.5) is 0 Å². The zero-order chi connectivity index (χ0) is 23.7. The summed E-state index contributed by atoms with van der Waals surface area (Å²) in [5.41, 5.74) is 9.25. The molecule has 2 bridgehead atoms. The number of amides is 3.